The van der Waals surface area contributed by atoms with Gasteiger partial charge in [0, 0.05) is 16.8 Å². The molecule has 4 heteroatoms. The Labute approximate surface area is 159 Å². The van der Waals surface area contributed by atoms with Crippen molar-refractivity contribution in [3.63, 3.8) is 0 Å². The van der Waals surface area contributed by atoms with Crippen LogP contribution in [0.1, 0.15) is 17.2 Å². The van der Waals surface area contributed by atoms with Crippen molar-refractivity contribution in [2.24, 2.45) is 0 Å². The lowest BCUT2D eigenvalue weighted by atomic mass is 10.0. The van der Waals surface area contributed by atoms with Gasteiger partial charge in [-0.1, -0.05) is 61.2 Å². The van der Waals surface area contributed by atoms with E-state index in [1.54, 1.807) is 7.11 Å². The number of aryl methyl sites for hydroxylation is 1. The van der Waals surface area contributed by atoms with Gasteiger partial charge in [-0.3, -0.25) is 0 Å². The second kappa shape index (κ2) is 8.41. The number of hydrogen-bond acceptors (Lipinski definition) is 4. The summed E-state index contributed by atoms with van der Waals surface area (Å²) in [5, 5.41) is 1.93. The summed E-state index contributed by atoms with van der Waals surface area (Å²) in [5.41, 5.74) is 1.82. The Bertz CT molecular complexity index is 947. The van der Waals surface area contributed by atoms with Crippen molar-refractivity contribution in [2.45, 2.75) is 13.0 Å². The summed E-state index contributed by atoms with van der Waals surface area (Å²) >= 11 is 0. The van der Waals surface area contributed by atoms with Crippen LogP contribution in [0.2, 0.25) is 0 Å². The van der Waals surface area contributed by atoms with Crippen molar-refractivity contribution in [1.82, 2.24) is 0 Å². The molecule has 0 amide bonds. The van der Waals surface area contributed by atoms with Gasteiger partial charge in [0.15, 0.2) is 6.10 Å². The van der Waals surface area contributed by atoms with Crippen LogP contribution in [0.4, 0.5) is 0 Å². The Hall–Kier alpha value is -3.27. The van der Waals surface area contributed by atoms with E-state index in [1.165, 1.54) is 0 Å². The molecule has 0 N–H and O–H groups in total. The lowest BCUT2D eigenvalue weighted by Gasteiger charge is -2.20. The maximum Gasteiger partial charge on any atom is 0.330 e. The summed E-state index contributed by atoms with van der Waals surface area (Å²) in [5.74, 6) is 1.07. The zero-order chi connectivity index (χ0) is 19.2. The maximum absolute atomic E-state index is 11.8. The fourth-order valence-electron chi connectivity index (χ4n) is 3.02. The Balaban J connectivity index is 1.92. The van der Waals surface area contributed by atoms with Crippen LogP contribution in [0.5, 0.6) is 11.5 Å². The molecule has 3 aromatic rings. The molecule has 138 valence electrons. The summed E-state index contributed by atoms with van der Waals surface area (Å²) < 4.78 is 17.1. The number of esters is 1. The third-order valence-electron chi connectivity index (χ3n) is 4.34. The fraction of sp³-hybridized carbons (Fsp3) is 0.174. The molecule has 0 aliphatic rings. The minimum Gasteiger partial charge on any atom is -0.496 e. The van der Waals surface area contributed by atoms with Crippen LogP contribution in [0.15, 0.2) is 73.3 Å². The molecule has 0 saturated heterocycles. The van der Waals surface area contributed by atoms with E-state index in [1.807, 2.05) is 67.6 Å². The molecule has 0 spiro atoms. The molecule has 1 atom stereocenters. The molecule has 0 bridgehead atoms. The van der Waals surface area contributed by atoms with Crippen LogP contribution < -0.4 is 9.47 Å². The lowest BCUT2D eigenvalue weighted by molar-refractivity contribution is -0.144. The first-order valence-electron chi connectivity index (χ1n) is 8.71. The minimum absolute atomic E-state index is 0.195. The molecule has 3 aromatic carbocycles. The van der Waals surface area contributed by atoms with Crippen molar-refractivity contribution in [1.29, 1.82) is 0 Å². The van der Waals surface area contributed by atoms with E-state index in [0.29, 0.717) is 0 Å². The van der Waals surface area contributed by atoms with Gasteiger partial charge in [0.05, 0.1) is 7.11 Å². The van der Waals surface area contributed by atoms with Gasteiger partial charge in [0.25, 0.3) is 0 Å². The number of methoxy groups -OCH3 is 1. The number of benzene rings is 3. The smallest absolute Gasteiger partial charge is 0.330 e. The molecule has 1 unspecified atom stereocenters. The van der Waals surface area contributed by atoms with Gasteiger partial charge in [-0.05, 0) is 24.1 Å². The first-order chi connectivity index (χ1) is 13.1. The largest absolute Gasteiger partial charge is 0.496 e. The predicted molar refractivity (Wildman–Crippen MR) is 106 cm³/mol. The van der Waals surface area contributed by atoms with Gasteiger partial charge in [-0.15, -0.1) is 0 Å². The minimum atomic E-state index is -0.531. The Morgan fingerprint density at radius 3 is 2.41 bits per heavy atom. The number of hydrogen-bond donors (Lipinski definition) is 0. The summed E-state index contributed by atoms with van der Waals surface area (Å²) in [6.07, 6.45) is 0.626. The fourth-order valence-corrected chi connectivity index (χ4v) is 3.02. The van der Waals surface area contributed by atoms with Crippen LogP contribution in [0.3, 0.4) is 0 Å². The van der Waals surface area contributed by atoms with E-state index < -0.39 is 12.1 Å². The Kier molecular flexibility index (Phi) is 5.77. The van der Waals surface area contributed by atoms with Crippen molar-refractivity contribution in [2.75, 3.05) is 13.7 Å². The number of carbonyl (C=O) groups excluding carboxylic acids is 1. The average molecular weight is 362 g/mol. The number of carbonyl (C=O) groups is 1. The third-order valence-corrected chi connectivity index (χ3v) is 4.34. The molecular formula is C23H22O4. The molecule has 0 aliphatic carbocycles. The van der Waals surface area contributed by atoms with Crippen molar-refractivity contribution >= 4 is 16.7 Å². The molecule has 0 radical (unpaired) electrons. The first kappa shape index (κ1) is 18.5. The average Bonchev–Trinajstić information content (AvgIpc) is 2.72. The predicted octanol–water partition coefficient (Wildman–Crippen LogP) is 5.01. The Morgan fingerprint density at radius 1 is 1.07 bits per heavy atom. The van der Waals surface area contributed by atoms with Crippen LogP contribution in [0.25, 0.3) is 10.8 Å². The quantitative estimate of drug-likeness (QED) is 0.438. The van der Waals surface area contributed by atoms with E-state index in [0.717, 1.165) is 39.5 Å². The van der Waals surface area contributed by atoms with Gasteiger partial charge in [-0.25, -0.2) is 4.79 Å². The molecule has 0 heterocycles. The van der Waals surface area contributed by atoms with E-state index in [-0.39, 0.29) is 6.61 Å². The van der Waals surface area contributed by atoms with Crippen LogP contribution >= 0.6 is 0 Å². The maximum atomic E-state index is 11.8. The summed E-state index contributed by atoms with van der Waals surface area (Å²) in [6, 6.07) is 19.4. The summed E-state index contributed by atoms with van der Waals surface area (Å²) in [6.45, 7) is 5.64. The molecule has 0 fully saturated rings. The highest BCUT2D eigenvalue weighted by molar-refractivity contribution is 5.94. The topological polar surface area (TPSA) is 44.8 Å². The van der Waals surface area contributed by atoms with Crippen molar-refractivity contribution < 1.29 is 19.0 Å². The van der Waals surface area contributed by atoms with Gasteiger partial charge >= 0.3 is 5.97 Å². The second-order valence-corrected chi connectivity index (χ2v) is 6.12. The molecular weight excluding hydrogens is 340 g/mol. The third kappa shape index (κ3) is 4.11. The molecule has 3 rings (SSSR count). The molecule has 4 nitrogen and oxygen atoms in total. The molecule has 27 heavy (non-hydrogen) atoms. The van der Waals surface area contributed by atoms with Crippen molar-refractivity contribution in [3.05, 3.63) is 84.4 Å². The Morgan fingerprint density at radius 2 is 1.74 bits per heavy atom. The summed E-state index contributed by atoms with van der Waals surface area (Å²) in [4.78, 5) is 11.8. The van der Waals surface area contributed by atoms with Crippen LogP contribution in [-0.2, 0) is 9.53 Å². The highest BCUT2D eigenvalue weighted by atomic mass is 16.6. The normalized spacial score (nSPS) is 11.6. The van der Waals surface area contributed by atoms with E-state index in [9.17, 15) is 4.79 Å². The highest BCUT2D eigenvalue weighted by Crippen LogP contribution is 2.37. The zero-order valence-electron chi connectivity index (χ0n) is 15.5. The summed E-state index contributed by atoms with van der Waals surface area (Å²) in [7, 11) is 1.65. The standard InChI is InChI=1S/C23H22O4/c1-4-22(24)27-21(17-10-6-5-7-11-17)15-26-23-16(2)14-20(25-3)18-12-8-9-13-19(18)23/h4-14,21H,1,15H2,2-3H3. The van der Waals surface area contributed by atoms with Gasteiger partial charge in [-0.2, -0.15) is 0 Å². The van der Waals surface area contributed by atoms with Crippen LogP contribution in [-0.4, -0.2) is 19.7 Å². The van der Waals surface area contributed by atoms with Gasteiger partial charge in [0.2, 0.25) is 0 Å². The highest BCUT2D eigenvalue weighted by Gasteiger charge is 2.18. The zero-order valence-corrected chi connectivity index (χ0v) is 15.5. The van der Waals surface area contributed by atoms with E-state index in [4.69, 9.17) is 14.2 Å². The molecule has 0 aliphatic heterocycles. The first-order valence-corrected chi connectivity index (χ1v) is 8.71. The van der Waals surface area contributed by atoms with Crippen molar-refractivity contribution in [3.8, 4) is 11.5 Å². The molecule has 0 aromatic heterocycles. The van der Waals surface area contributed by atoms with Gasteiger partial charge < -0.3 is 14.2 Å². The van der Waals surface area contributed by atoms with E-state index >= 15 is 0 Å². The second-order valence-electron chi connectivity index (χ2n) is 6.12. The number of fused-ring (bicyclic) bond motifs is 1. The lowest BCUT2D eigenvalue weighted by Crippen LogP contribution is -2.17. The SMILES string of the molecule is C=CC(=O)OC(COc1c(C)cc(OC)c2ccccc12)c1ccccc1. The molecule has 0 saturated carbocycles. The number of rotatable bonds is 7. The van der Waals surface area contributed by atoms with E-state index in [2.05, 4.69) is 6.58 Å². The number of ether oxygens (including phenoxy) is 3. The monoisotopic (exact) mass is 362 g/mol. The van der Waals surface area contributed by atoms with Gasteiger partial charge in [0.1, 0.15) is 18.1 Å². The van der Waals surface area contributed by atoms with Crippen LogP contribution in [0, 0.1) is 6.92 Å².